The summed E-state index contributed by atoms with van der Waals surface area (Å²) in [6.07, 6.45) is 0. The quantitative estimate of drug-likeness (QED) is 0.391. The van der Waals surface area contributed by atoms with E-state index in [1.165, 1.54) is 20.8 Å². The normalized spacial score (nSPS) is 13.8. The molecule has 0 saturated heterocycles. The molecule has 0 aromatic rings. The predicted molar refractivity (Wildman–Crippen MR) is 30.6 cm³/mol. The van der Waals surface area contributed by atoms with Crippen molar-refractivity contribution in [2.75, 3.05) is 0 Å². The van der Waals surface area contributed by atoms with E-state index < -0.39 is 17.4 Å². The van der Waals surface area contributed by atoms with Crippen LogP contribution in [0.15, 0.2) is 0 Å². The van der Waals surface area contributed by atoms with Gasteiger partial charge in [0.2, 0.25) is 0 Å². The molecule has 5 heteroatoms. The van der Waals surface area contributed by atoms with Crippen molar-refractivity contribution in [3.05, 3.63) is 0 Å². The number of hydrogen-bond acceptors (Lipinski definition) is 4. The van der Waals surface area contributed by atoms with Gasteiger partial charge in [-0.25, -0.2) is 0 Å². The number of rotatable bonds is 1. The van der Waals surface area contributed by atoms with Crippen LogP contribution in [0.1, 0.15) is 20.8 Å². The maximum atomic E-state index is 10.6. The molecule has 0 heterocycles. The zero-order valence-electron chi connectivity index (χ0n) is 5.58. The van der Waals surface area contributed by atoms with Gasteiger partial charge >= 0.3 is 55.0 Å². The van der Waals surface area contributed by atoms with Crippen molar-refractivity contribution < 1.29 is 16.9 Å². The van der Waals surface area contributed by atoms with E-state index in [-0.39, 0.29) is 0 Å². The van der Waals surface area contributed by atoms with Gasteiger partial charge in [0.05, 0.1) is 0 Å². The molecule has 1 N–H and O–H groups in total. The van der Waals surface area contributed by atoms with Crippen LogP contribution in [0, 0.1) is 0 Å². The summed E-state index contributed by atoms with van der Waals surface area (Å²) in [4.78, 5) is 0. The van der Waals surface area contributed by atoms with E-state index >= 15 is 0 Å². The Hall–Kier alpha value is 0.0395. The Labute approximate surface area is 55.7 Å². The van der Waals surface area contributed by atoms with Gasteiger partial charge in [0, 0.05) is 0 Å². The van der Waals surface area contributed by atoms with E-state index in [1.54, 1.807) is 0 Å². The predicted octanol–water partition coefficient (Wildman–Crippen LogP) is 1.08. The Kier molecular flexibility index (Phi) is 2.35. The second-order valence-electron chi connectivity index (χ2n) is 2.64. The summed E-state index contributed by atoms with van der Waals surface area (Å²) in [5.74, 6) is 0. The van der Waals surface area contributed by atoms with E-state index in [0.717, 1.165) is 0 Å². The van der Waals surface area contributed by atoms with Crippen molar-refractivity contribution >= 4 is 13.0 Å². The molecule has 0 saturated carbocycles. The van der Waals surface area contributed by atoms with Crippen molar-refractivity contribution in [1.82, 2.24) is 0 Å². The molecule has 0 spiro atoms. The van der Waals surface area contributed by atoms with Crippen LogP contribution in [0.2, 0.25) is 4.31 Å². The van der Waals surface area contributed by atoms with E-state index in [2.05, 4.69) is 3.97 Å². The van der Waals surface area contributed by atoms with Crippen LogP contribution in [-0.2, 0) is 11.6 Å². The SMILES string of the molecule is CC(C)(C)[Se](=O)(=O)OO. The minimum absolute atomic E-state index is 0.981. The van der Waals surface area contributed by atoms with Crippen LogP contribution in [-0.4, -0.2) is 18.3 Å². The molecule has 0 aliphatic heterocycles. The second kappa shape index (κ2) is 2.34. The van der Waals surface area contributed by atoms with Gasteiger partial charge in [0.15, 0.2) is 0 Å². The van der Waals surface area contributed by atoms with Gasteiger partial charge in [-0.2, -0.15) is 0 Å². The van der Waals surface area contributed by atoms with Crippen LogP contribution >= 0.6 is 0 Å². The Bertz CT molecular complexity index is 173. The van der Waals surface area contributed by atoms with E-state index in [0.29, 0.717) is 0 Å². The Morgan fingerprint density at radius 3 is 1.67 bits per heavy atom. The van der Waals surface area contributed by atoms with Crippen LogP contribution < -0.4 is 0 Å². The summed E-state index contributed by atoms with van der Waals surface area (Å²) in [6.45, 7) is 4.38. The first-order chi connectivity index (χ1) is 3.81. The van der Waals surface area contributed by atoms with Gasteiger partial charge in [-0.3, -0.25) is 0 Å². The molecular formula is C4H10O4Se. The van der Waals surface area contributed by atoms with Crippen molar-refractivity contribution in [3.8, 4) is 0 Å². The van der Waals surface area contributed by atoms with E-state index in [1.807, 2.05) is 0 Å². The molecule has 0 rings (SSSR count). The Balaban J connectivity index is 4.57. The Morgan fingerprint density at radius 2 is 1.67 bits per heavy atom. The third-order valence-electron chi connectivity index (χ3n) is 0.848. The van der Waals surface area contributed by atoms with Crippen molar-refractivity contribution in [2.45, 2.75) is 25.1 Å². The molecule has 0 aromatic carbocycles. The van der Waals surface area contributed by atoms with Crippen LogP contribution in [0.3, 0.4) is 0 Å². The molecule has 4 nitrogen and oxygen atoms in total. The molecule has 56 valence electrons. The summed E-state index contributed by atoms with van der Waals surface area (Å²) in [6, 6.07) is 0. The molecule has 0 unspecified atom stereocenters. The summed E-state index contributed by atoms with van der Waals surface area (Å²) in [5.41, 5.74) is 0. The molecule has 0 amide bonds. The first-order valence-corrected chi connectivity index (χ1v) is 5.34. The fourth-order valence-corrected chi connectivity index (χ4v) is 0.581. The number of hydrogen-bond donors (Lipinski definition) is 1. The molecule has 0 bridgehead atoms. The summed E-state index contributed by atoms with van der Waals surface area (Å²) in [5, 5.41) is 7.87. The van der Waals surface area contributed by atoms with Crippen LogP contribution in [0.5, 0.6) is 0 Å². The van der Waals surface area contributed by atoms with Gasteiger partial charge in [0.25, 0.3) is 0 Å². The third-order valence-corrected chi connectivity index (χ3v) is 4.41. The standard InChI is InChI=1S/C4H10O4Se/c1-4(2,3)9(6,7)8-5/h5H,1-3H3. The second-order valence-corrected chi connectivity index (χ2v) is 7.43. The van der Waals surface area contributed by atoms with Gasteiger partial charge in [-0.05, 0) is 0 Å². The van der Waals surface area contributed by atoms with Crippen molar-refractivity contribution in [2.24, 2.45) is 0 Å². The Morgan fingerprint density at radius 1 is 1.33 bits per heavy atom. The zero-order valence-corrected chi connectivity index (χ0v) is 7.29. The van der Waals surface area contributed by atoms with Crippen molar-refractivity contribution in [1.29, 1.82) is 0 Å². The molecule has 0 aromatic heterocycles. The van der Waals surface area contributed by atoms with Crippen LogP contribution in [0.4, 0.5) is 0 Å². The van der Waals surface area contributed by atoms with Gasteiger partial charge in [-0.15, -0.1) is 0 Å². The average Bonchev–Trinajstić information content (AvgIpc) is 1.64. The van der Waals surface area contributed by atoms with Gasteiger partial charge in [-0.1, -0.05) is 0 Å². The fourth-order valence-electron chi connectivity index (χ4n) is 0.112. The molecular weight excluding hydrogens is 191 g/mol. The monoisotopic (exact) mass is 202 g/mol. The molecule has 0 fully saturated rings. The van der Waals surface area contributed by atoms with E-state index in [4.69, 9.17) is 5.26 Å². The van der Waals surface area contributed by atoms with E-state index in [9.17, 15) is 7.67 Å². The first-order valence-electron chi connectivity index (χ1n) is 2.39. The molecule has 0 radical (unpaired) electrons. The summed E-state index contributed by atoms with van der Waals surface area (Å²) in [7, 11) is 0. The summed E-state index contributed by atoms with van der Waals surface area (Å²) >= 11 is -4.49. The third kappa shape index (κ3) is 2.02. The topological polar surface area (TPSA) is 63.6 Å². The molecule has 0 aliphatic rings. The minimum atomic E-state index is -4.49. The van der Waals surface area contributed by atoms with Crippen LogP contribution in [0.25, 0.3) is 0 Å². The molecule has 9 heavy (non-hydrogen) atoms. The fraction of sp³-hybridized carbons (Fsp3) is 1.00. The average molecular weight is 201 g/mol. The summed E-state index contributed by atoms with van der Waals surface area (Å²) < 4.78 is 23.6. The van der Waals surface area contributed by atoms with Gasteiger partial charge in [0.1, 0.15) is 0 Å². The maximum absolute atomic E-state index is 10.6. The molecule has 0 atom stereocenters. The zero-order chi connectivity index (χ0) is 7.71. The molecule has 0 aliphatic carbocycles. The van der Waals surface area contributed by atoms with Crippen molar-refractivity contribution in [3.63, 3.8) is 0 Å². The first kappa shape index (κ1) is 9.04. The van der Waals surface area contributed by atoms with Gasteiger partial charge < -0.3 is 0 Å².